The summed E-state index contributed by atoms with van der Waals surface area (Å²) in [4.78, 5) is 0. The van der Waals surface area contributed by atoms with Crippen LogP contribution in [0.25, 0.3) is 55.6 Å². The summed E-state index contributed by atoms with van der Waals surface area (Å²) in [6.07, 6.45) is 23.8. The second kappa shape index (κ2) is 44.0. The number of aliphatic hydroxyl groups excluding tert-OH is 4. The van der Waals surface area contributed by atoms with Crippen molar-refractivity contribution in [3.05, 3.63) is 278 Å². The van der Waals surface area contributed by atoms with Crippen molar-refractivity contribution in [3.8, 4) is 72.9 Å². The Morgan fingerprint density at radius 2 is 0.508 bits per heavy atom. The van der Waals surface area contributed by atoms with E-state index in [9.17, 15) is 42.4 Å². The number of hydrogen-bond donors (Lipinski definition) is 4. The van der Waals surface area contributed by atoms with Crippen LogP contribution in [0.2, 0.25) is 18.1 Å². The molecule has 0 heterocycles. The molecule has 10 aromatic carbocycles. The van der Waals surface area contributed by atoms with Crippen LogP contribution in [0, 0.1) is 70.0 Å². The molecule has 3 unspecified atom stereocenters. The van der Waals surface area contributed by atoms with Crippen LogP contribution in [0.3, 0.4) is 0 Å². The van der Waals surface area contributed by atoms with Crippen molar-refractivity contribution in [2.75, 3.05) is 21.3 Å². The maximum absolute atomic E-state index is 14.9. The molecule has 10 aromatic rings. The molecular formula is C116H149F5O8Si. The molecule has 5 aliphatic carbocycles. The van der Waals surface area contributed by atoms with E-state index < -0.39 is 8.32 Å². The second-order valence-corrected chi connectivity index (χ2v) is 47.5. The molecule has 5 fully saturated rings. The lowest BCUT2D eigenvalue weighted by Gasteiger charge is -2.40. The first kappa shape index (κ1) is 102. The smallest absolute Gasteiger partial charge is 0.192 e. The maximum Gasteiger partial charge on any atom is 0.192 e. The highest BCUT2D eigenvalue weighted by Crippen LogP contribution is 2.56. The summed E-state index contributed by atoms with van der Waals surface area (Å²) in [7, 11) is 2.96. The number of aliphatic hydroxyl groups is 4. The summed E-state index contributed by atoms with van der Waals surface area (Å²) < 4.78 is 95.7. The third-order valence-electron chi connectivity index (χ3n) is 30.3. The molecule has 0 bridgehead atoms. The van der Waals surface area contributed by atoms with Gasteiger partial charge < -0.3 is 39.1 Å². The highest BCUT2D eigenvalue weighted by molar-refractivity contribution is 6.74. The zero-order valence-corrected chi connectivity index (χ0v) is 82.7. The molecule has 0 amide bonds. The number of aryl methyl sites for hydroxylation is 2. The Labute approximate surface area is 776 Å². The minimum atomic E-state index is -1.83. The summed E-state index contributed by atoms with van der Waals surface area (Å²) in [6, 6.07) is 55.6. The molecule has 0 radical (unpaired) electrons. The fraction of sp³-hybridized carbons (Fsp3) is 0.483. The van der Waals surface area contributed by atoms with Gasteiger partial charge in [0.25, 0.3) is 0 Å². The number of ether oxygens (including phenoxy) is 3. The SMILES string of the molecule is COc1ccc(F)c(-c2ccc(CO)cc2C2CCCCC2(C)C)c1.COc1ccc(F)c(-c2ccc(CO)cc2[C@@H]2CCCCC2(C)C)c1.COc1ccc(F)c(-c2ccc(CO)cc2[C@H]2CCCCC2(C)C)c1.Cc1ccc(F)c(-c2ccc(CO)cc2C2CCCCC2(C)C)c1.Cc1ccc(F)c(-c2ccc(CO[Si](C)(C)C(C)(C)C)cc2C2CCCCC2(C)C)c1. The van der Waals surface area contributed by atoms with Gasteiger partial charge in [-0.1, -0.05) is 268 Å². The molecule has 130 heavy (non-hydrogen) atoms. The largest absolute Gasteiger partial charge is 0.497 e. The van der Waals surface area contributed by atoms with Crippen molar-refractivity contribution in [1.82, 2.24) is 0 Å². The number of rotatable bonds is 20. The van der Waals surface area contributed by atoms with Gasteiger partial charge in [-0.2, -0.15) is 0 Å². The van der Waals surface area contributed by atoms with Crippen LogP contribution in [-0.4, -0.2) is 50.1 Å². The van der Waals surface area contributed by atoms with E-state index in [1.165, 1.54) is 138 Å². The number of hydrogen-bond acceptors (Lipinski definition) is 8. The third-order valence-corrected chi connectivity index (χ3v) is 34.8. The van der Waals surface area contributed by atoms with Gasteiger partial charge in [0, 0.05) is 27.8 Å². The minimum Gasteiger partial charge on any atom is -0.497 e. The van der Waals surface area contributed by atoms with Crippen LogP contribution in [-0.2, 0) is 37.5 Å². The van der Waals surface area contributed by atoms with Crippen LogP contribution in [0.15, 0.2) is 182 Å². The van der Waals surface area contributed by atoms with Gasteiger partial charge in [0.15, 0.2) is 8.32 Å². The Hall–Kier alpha value is -8.73. The van der Waals surface area contributed by atoms with Crippen LogP contribution in [0.1, 0.15) is 315 Å². The van der Waals surface area contributed by atoms with Gasteiger partial charge in [-0.05, 0) is 315 Å². The summed E-state index contributed by atoms with van der Waals surface area (Å²) in [5, 5.41) is 38.5. The topological polar surface area (TPSA) is 118 Å². The van der Waals surface area contributed by atoms with Gasteiger partial charge in [-0.3, -0.25) is 0 Å². The van der Waals surface area contributed by atoms with Crippen molar-refractivity contribution >= 4 is 8.32 Å². The van der Waals surface area contributed by atoms with Crippen molar-refractivity contribution in [1.29, 1.82) is 0 Å². The maximum atomic E-state index is 14.9. The molecule has 0 spiro atoms. The monoisotopic (exact) mass is 1790 g/mol. The number of halogens is 5. The van der Waals surface area contributed by atoms with E-state index in [2.05, 4.69) is 146 Å². The molecule has 15 rings (SSSR count). The Bertz CT molecular complexity index is 5150. The molecule has 5 atom stereocenters. The quantitative estimate of drug-likeness (QED) is 0.0440. The first-order valence-electron chi connectivity index (χ1n) is 47.9. The molecule has 0 aromatic heterocycles. The lowest BCUT2D eigenvalue weighted by molar-refractivity contribution is 0.199. The Kier molecular flexibility index (Phi) is 34.4. The van der Waals surface area contributed by atoms with Crippen molar-refractivity contribution in [3.63, 3.8) is 0 Å². The van der Waals surface area contributed by atoms with Crippen LogP contribution < -0.4 is 14.2 Å². The van der Waals surface area contributed by atoms with Gasteiger partial charge in [-0.15, -0.1) is 0 Å². The van der Waals surface area contributed by atoms with E-state index in [1.807, 2.05) is 86.6 Å². The molecule has 5 aliphatic rings. The fourth-order valence-corrected chi connectivity index (χ4v) is 22.2. The van der Waals surface area contributed by atoms with E-state index in [4.69, 9.17) is 18.6 Å². The summed E-state index contributed by atoms with van der Waals surface area (Å²) in [5.74, 6) is 2.81. The van der Waals surface area contributed by atoms with Crippen molar-refractivity contribution < 1.29 is 61.0 Å². The predicted molar refractivity (Wildman–Crippen MR) is 529 cm³/mol. The van der Waals surface area contributed by atoms with Crippen LogP contribution in [0.5, 0.6) is 17.2 Å². The molecule has 4 N–H and O–H groups in total. The predicted octanol–water partition coefficient (Wildman–Crippen LogP) is 32.0. The van der Waals surface area contributed by atoms with Crippen LogP contribution in [0.4, 0.5) is 22.0 Å². The number of methoxy groups -OCH3 is 3. The lowest BCUT2D eigenvalue weighted by Crippen LogP contribution is -2.40. The van der Waals surface area contributed by atoms with E-state index in [0.717, 1.165) is 109 Å². The minimum absolute atomic E-state index is 0.00101. The molecule has 0 saturated heterocycles. The number of benzene rings is 10. The summed E-state index contributed by atoms with van der Waals surface area (Å²) in [5.41, 5.74) is 21.6. The van der Waals surface area contributed by atoms with Gasteiger partial charge in [0.1, 0.15) is 46.3 Å². The zero-order valence-electron chi connectivity index (χ0n) is 81.7. The molecule has 14 heteroatoms. The third kappa shape index (κ3) is 24.6. The van der Waals surface area contributed by atoms with Gasteiger partial charge >= 0.3 is 0 Å². The Balaban J connectivity index is 0.000000158. The molecule has 0 aliphatic heterocycles. The molecule has 5 saturated carbocycles. The van der Waals surface area contributed by atoms with Gasteiger partial charge in [0.2, 0.25) is 0 Å². The first-order chi connectivity index (χ1) is 61.6. The molecular weight excluding hydrogens is 1640 g/mol. The second-order valence-electron chi connectivity index (χ2n) is 42.7. The fourth-order valence-electron chi connectivity index (χ4n) is 21.2. The highest BCUT2D eigenvalue weighted by Gasteiger charge is 2.42. The average Bonchev–Trinajstić information content (AvgIpc) is 0.786. The van der Waals surface area contributed by atoms with E-state index in [1.54, 1.807) is 69.9 Å². The Morgan fingerprint density at radius 3 is 0.723 bits per heavy atom. The molecule has 8 nitrogen and oxygen atoms in total. The van der Waals surface area contributed by atoms with Gasteiger partial charge in [0.05, 0.1) is 54.4 Å². The highest BCUT2D eigenvalue weighted by atomic mass is 28.4. The van der Waals surface area contributed by atoms with E-state index in [0.29, 0.717) is 75.7 Å². The lowest BCUT2D eigenvalue weighted by atomic mass is 9.65. The zero-order chi connectivity index (χ0) is 94.4. The average molecular weight is 1790 g/mol. The summed E-state index contributed by atoms with van der Waals surface area (Å²) >= 11 is 0. The standard InChI is InChI=1S/C28H41FOSi.3C22H27FO2.C22H27FO/c1-20-12-15-26(29)24(17-20)22-14-13-21(19-30-31(7,8)27(2,3)4)18-23(22)25-11-9-10-16-28(25,5)6;3*1-22(2)11-5-4-6-20(22)18-12-15(14-24)7-9-17(18)19-13-16(25-3)8-10-21(19)23;1-15-7-10-21(23)19(12-15)17-9-8-16(14-24)13-18(17)20-6-4-5-11-22(20,2)3/h12-15,17-18,25H,9-11,16,19H2,1-8H3;3*7-10,12-13,20,24H,4-6,11,14H2,1-3H3;7-10,12-13,20,24H,4-6,11,14H2,1-3H3/t;2*20-;;/m.10../s1. The van der Waals surface area contributed by atoms with E-state index >= 15 is 0 Å². The Morgan fingerprint density at radius 1 is 0.292 bits per heavy atom. The molecule has 700 valence electrons. The van der Waals surface area contributed by atoms with Crippen molar-refractivity contribution in [2.24, 2.45) is 27.1 Å². The first-order valence-corrected chi connectivity index (χ1v) is 50.8. The summed E-state index contributed by atoms with van der Waals surface area (Å²) in [6.45, 7) is 39.3. The normalized spacial score (nSPS) is 19.7. The van der Waals surface area contributed by atoms with Crippen molar-refractivity contribution in [2.45, 2.75) is 313 Å². The van der Waals surface area contributed by atoms with E-state index in [-0.39, 0.29) is 87.6 Å². The van der Waals surface area contributed by atoms with Gasteiger partial charge in [-0.25, -0.2) is 22.0 Å². The van der Waals surface area contributed by atoms with Crippen LogP contribution >= 0.6 is 0 Å².